The number of likely N-dealkylation sites (tertiary alicyclic amines) is 1. The lowest BCUT2D eigenvalue weighted by Crippen LogP contribution is -2.39. The molecule has 106 valence electrons. The maximum absolute atomic E-state index is 11.9. The van der Waals surface area contributed by atoms with Crippen LogP contribution in [0.5, 0.6) is 0 Å². The van der Waals surface area contributed by atoms with Crippen LogP contribution in [0.15, 0.2) is 0 Å². The molecular weight excluding hydrogens is 234 g/mol. The number of hydrogen-bond acceptors (Lipinski definition) is 4. The van der Waals surface area contributed by atoms with Gasteiger partial charge in [0, 0.05) is 13.7 Å². The van der Waals surface area contributed by atoms with Crippen LogP contribution in [0.4, 0.5) is 4.79 Å². The molecule has 0 aliphatic carbocycles. The summed E-state index contributed by atoms with van der Waals surface area (Å²) >= 11 is 0. The Balaban J connectivity index is 2.42. The van der Waals surface area contributed by atoms with Crippen LogP contribution < -0.4 is 0 Å². The monoisotopic (exact) mass is 259 g/mol. The van der Waals surface area contributed by atoms with Gasteiger partial charge in [0.2, 0.25) is 0 Å². The van der Waals surface area contributed by atoms with E-state index in [2.05, 4.69) is 0 Å². The van der Waals surface area contributed by atoms with Crippen molar-refractivity contribution in [1.82, 2.24) is 4.90 Å². The van der Waals surface area contributed by atoms with Crippen LogP contribution in [-0.4, -0.2) is 55.6 Å². The quantitative estimate of drug-likeness (QED) is 0.725. The van der Waals surface area contributed by atoms with E-state index in [1.165, 1.54) is 0 Å². The molecule has 1 aliphatic heterocycles. The van der Waals surface area contributed by atoms with Crippen molar-refractivity contribution >= 4 is 6.09 Å². The normalized spacial score (nSPS) is 24.4. The number of methoxy groups -OCH3 is 1. The van der Waals surface area contributed by atoms with Gasteiger partial charge in [0.25, 0.3) is 0 Å². The summed E-state index contributed by atoms with van der Waals surface area (Å²) in [5.74, 6) is 0. The zero-order valence-corrected chi connectivity index (χ0v) is 12.1. The topological polar surface area (TPSA) is 48.0 Å². The molecule has 5 nitrogen and oxygen atoms in total. The van der Waals surface area contributed by atoms with Crippen molar-refractivity contribution in [2.24, 2.45) is 0 Å². The summed E-state index contributed by atoms with van der Waals surface area (Å²) in [6.45, 7) is 10.0. The van der Waals surface area contributed by atoms with Crippen LogP contribution in [0.2, 0.25) is 0 Å². The Morgan fingerprint density at radius 2 is 2.00 bits per heavy atom. The summed E-state index contributed by atoms with van der Waals surface area (Å²) in [6, 6.07) is 0. The molecular formula is C13H25NO4. The minimum atomic E-state index is -0.451. The van der Waals surface area contributed by atoms with Gasteiger partial charge in [0.05, 0.1) is 25.4 Å². The Morgan fingerprint density at radius 3 is 2.56 bits per heavy atom. The maximum Gasteiger partial charge on any atom is 0.410 e. The SMILES string of the molecule is COCCOC1(C)CCN(C(=O)OC(C)(C)C)C1. The largest absolute Gasteiger partial charge is 0.444 e. The summed E-state index contributed by atoms with van der Waals surface area (Å²) in [7, 11) is 1.65. The summed E-state index contributed by atoms with van der Waals surface area (Å²) in [6.07, 6.45) is 0.567. The van der Waals surface area contributed by atoms with Gasteiger partial charge < -0.3 is 19.1 Å². The van der Waals surface area contributed by atoms with Crippen molar-refractivity contribution < 1.29 is 19.0 Å². The average molecular weight is 259 g/mol. The highest BCUT2D eigenvalue weighted by atomic mass is 16.6. The molecule has 0 saturated carbocycles. The van der Waals surface area contributed by atoms with Crippen LogP contribution in [0.1, 0.15) is 34.1 Å². The minimum Gasteiger partial charge on any atom is -0.444 e. The van der Waals surface area contributed by atoms with E-state index < -0.39 is 5.60 Å². The molecule has 1 unspecified atom stereocenters. The standard InChI is InChI=1S/C13H25NO4/c1-12(2,3)18-11(15)14-7-6-13(4,10-14)17-9-8-16-5/h6-10H2,1-5H3. The molecule has 0 aromatic rings. The highest BCUT2D eigenvalue weighted by molar-refractivity contribution is 5.68. The summed E-state index contributed by atoms with van der Waals surface area (Å²) < 4.78 is 16.1. The van der Waals surface area contributed by atoms with Crippen molar-refractivity contribution in [3.8, 4) is 0 Å². The summed E-state index contributed by atoms with van der Waals surface area (Å²) in [5, 5.41) is 0. The first kappa shape index (κ1) is 15.2. The fraction of sp³-hybridized carbons (Fsp3) is 0.923. The fourth-order valence-electron chi connectivity index (χ4n) is 1.90. The minimum absolute atomic E-state index is 0.262. The lowest BCUT2D eigenvalue weighted by molar-refractivity contribution is -0.0454. The molecule has 18 heavy (non-hydrogen) atoms. The number of amides is 1. The molecule has 1 rings (SSSR count). The van der Waals surface area contributed by atoms with Crippen LogP contribution in [0.25, 0.3) is 0 Å². The predicted molar refractivity (Wildman–Crippen MR) is 68.7 cm³/mol. The summed E-state index contributed by atoms with van der Waals surface area (Å²) in [4.78, 5) is 13.6. The Labute approximate surface area is 109 Å². The van der Waals surface area contributed by atoms with Gasteiger partial charge in [0.1, 0.15) is 5.60 Å². The third-order valence-corrected chi connectivity index (χ3v) is 2.83. The molecule has 0 aromatic carbocycles. The van der Waals surface area contributed by atoms with Gasteiger partial charge in [-0.1, -0.05) is 0 Å². The second kappa shape index (κ2) is 5.89. The first-order chi connectivity index (χ1) is 8.26. The number of carbonyl (C=O) groups is 1. The van der Waals surface area contributed by atoms with E-state index in [0.29, 0.717) is 26.3 Å². The number of nitrogens with zero attached hydrogens (tertiary/aromatic N) is 1. The van der Waals surface area contributed by atoms with Gasteiger partial charge in [-0.05, 0) is 34.1 Å². The van der Waals surface area contributed by atoms with E-state index in [-0.39, 0.29) is 11.7 Å². The van der Waals surface area contributed by atoms with Crippen molar-refractivity contribution in [1.29, 1.82) is 0 Å². The van der Waals surface area contributed by atoms with Crippen molar-refractivity contribution in [2.45, 2.75) is 45.3 Å². The molecule has 0 spiro atoms. The van der Waals surface area contributed by atoms with E-state index in [0.717, 1.165) is 6.42 Å². The lowest BCUT2D eigenvalue weighted by atomic mass is 10.1. The second-order valence-corrected chi connectivity index (χ2v) is 5.94. The lowest BCUT2D eigenvalue weighted by Gasteiger charge is -2.27. The van der Waals surface area contributed by atoms with Crippen LogP contribution >= 0.6 is 0 Å². The van der Waals surface area contributed by atoms with Gasteiger partial charge in [-0.3, -0.25) is 0 Å². The van der Waals surface area contributed by atoms with Crippen molar-refractivity contribution in [2.75, 3.05) is 33.4 Å². The summed E-state index contributed by atoms with van der Waals surface area (Å²) in [5.41, 5.74) is -0.734. The zero-order valence-electron chi connectivity index (χ0n) is 12.1. The molecule has 0 aromatic heterocycles. The predicted octanol–water partition coefficient (Wildman–Crippen LogP) is 2.05. The Morgan fingerprint density at radius 1 is 1.33 bits per heavy atom. The first-order valence-corrected chi connectivity index (χ1v) is 6.37. The smallest absolute Gasteiger partial charge is 0.410 e. The zero-order chi connectivity index (χ0) is 13.8. The van der Waals surface area contributed by atoms with Gasteiger partial charge >= 0.3 is 6.09 Å². The van der Waals surface area contributed by atoms with E-state index in [4.69, 9.17) is 14.2 Å². The van der Waals surface area contributed by atoms with Crippen LogP contribution in [-0.2, 0) is 14.2 Å². The number of ether oxygens (including phenoxy) is 3. The van der Waals surface area contributed by atoms with Gasteiger partial charge in [0.15, 0.2) is 0 Å². The molecule has 0 N–H and O–H groups in total. The first-order valence-electron chi connectivity index (χ1n) is 6.37. The van der Waals surface area contributed by atoms with E-state index in [1.54, 1.807) is 12.0 Å². The van der Waals surface area contributed by atoms with E-state index in [9.17, 15) is 4.79 Å². The molecule has 1 heterocycles. The number of rotatable bonds is 4. The van der Waals surface area contributed by atoms with Gasteiger partial charge in [-0.2, -0.15) is 0 Å². The average Bonchev–Trinajstić information content (AvgIpc) is 2.59. The molecule has 1 amide bonds. The second-order valence-electron chi connectivity index (χ2n) is 5.94. The third-order valence-electron chi connectivity index (χ3n) is 2.83. The number of hydrogen-bond donors (Lipinski definition) is 0. The Kier molecular flexibility index (Phi) is 4.99. The molecule has 1 fully saturated rings. The molecule has 0 bridgehead atoms. The molecule has 1 aliphatic rings. The van der Waals surface area contributed by atoms with Gasteiger partial charge in [-0.25, -0.2) is 4.79 Å². The number of carbonyl (C=O) groups excluding carboxylic acids is 1. The highest BCUT2D eigenvalue weighted by Crippen LogP contribution is 2.26. The van der Waals surface area contributed by atoms with Crippen LogP contribution in [0.3, 0.4) is 0 Å². The van der Waals surface area contributed by atoms with Crippen molar-refractivity contribution in [3.05, 3.63) is 0 Å². The molecule has 1 saturated heterocycles. The van der Waals surface area contributed by atoms with Crippen molar-refractivity contribution in [3.63, 3.8) is 0 Å². The van der Waals surface area contributed by atoms with Gasteiger partial charge in [-0.15, -0.1) is 0 Å². The Hall–Kier alpha value is -0.810. The molecule has 0 radical (unpaired) electrons. The highest BCUT2D eigenvalue weighted by Gasteiger charge is 2.38. The Bertz CT molecular complexity index is 287. The van der Waals surface area contributed by atoms with E-state index >= 15 is 0 Å². The third kappa shape index (κ3) is 4.82. The van der Waals surface area contributed by atoms with E-state index in [1.807, 2.05) is 27.7 Å². The fourth-order valence-corrected chi connectivity index (χ4v) is 1.90. The molecule has 1 atom stereocenters. The molecule has 5 heteroatoms. The van der Waals surface area contributed by atoms with Crippen LogP contribution in [0, 0.1) is 0 Å². The maximum atomic E-state index is 11.9.